The van der Waals surface area contributed by atoms with E-state index in [0.29, 0.717) is 6.54 Å². The molecule has 1 fully saturated rings. The molecule has 1 saturated heterocycles. The highest BCUT2D eigenvalue weighted by Gasteiger charge is 2.27. The highest BCUT2D eigenvalue weighted by Crippen LogP contribution is 2.28. The predicted octanol–water partition coefficient (Wildman–Crippen LogP) is 2.80. The predicted molar refractivity (Wildman–Crippen MR) is 83.0 cm³/mol. The minimum absolute atomic E-state index is 0.119. The average Bonchev–Trinajstić information content (AvgIpc) is 3.02. The minimum atomic E-state index is 0.119. The summed E-state index contributed by atoms with van der Waals surface area (Å²) in [6.07, 6.45) is 0.945. The quantitative estimate of drug-likeness (QED) is 0.928. The van der Waals surface area contributed by atoms with Gasteiger partial charge in [-0.25, -0.2) is 0 Å². The molecule has 1 aliphatic rings. The lowest BCUT2D eigenvalue weighted by Crippen LogP contribution is -2.37. The fourth-order valence-electron chi connectivity index (χ4n) is 2.97. The van der Waals surface area contributed by atoms with Crippen molar-refractivity contribution in [3.05, 3.63) is 42.5 Å². The molecule has 0 radical (unpaired) electrons. The molecule has 104 valence electrons. The summed E-state index contributed by atoms with van der Waals surface area (Å²) >= 11 is 0. The van der Waals surface area contributed by atoms with Gasteiger partial charge in [0.1, 0.15) is 0 Å². The van der Waals surface area contributed by atoms with Crippen LogP contribution in [0.25, 0.3) is 10.8 Å². The van der Waals surface area contributed by atoms with E-state index in [1.165, 1.54) is 5.39 Å². The van der Waals surface area contributed by atoms with Gasteiger partial charge >= 0.3 is 0 Å². The summed E-state index contributed by atoms with van der Waals surface area (Å²) in [6.45, 7) is 4.51. The Hall–Kier alpha value is -1.87. The third-order valence-electron chi connectivity index (χ3n) is 4.05. The average molecular weight is 268 g/mol. The summed E-state index contributed by atoms with van der Waals surface area (Å²) in [5.74, 6) is 0.364. The van der Waals surface area contributed by atoms with Gasteiger partial charge in [-0.15, -0.1) is 0 Å². The van der Waals surface area contributed by atoms with Gasteiger partial charge in [0, 0.05) is 18.5 Å². The lowest BCUT2D eigenvalue weighted by Gasteiger charge is -2.25. The number of fused-ring (bicyclic) bond motifs is 1. The first-order chi connectivity index (χ1) is 9.81. The number of nitrogens with one attached hydrogen (secondary N) is 1. The minimum Gasteiger partial charge on any atom is -0.316 e. The number of rotatable bonds is 3. The van der Waals surface area contributed by atoms with Gasteiger partial charge in [0.25, 0.3) is 0 Å². The maximum absolute atomic E-state index is 12.7. The van der Waals surface area contributed by atoms with Gasteiger partial charge in [0.2, 0.25) is 5.91 Å². The molecule has 1 N–H and O–H groups in total. The molecule has 2 aromatic carbocycles. The van der Waals surface area contributed by atoms with Crippen LogP contribution in [-0.2, 0) is 4.79 Å². The van der Waals surface area contributed by atoms with Crippen LogP contribution in [0.1, 0.15) is 13.3 Å². The Morgan fingerprint density at radius 2 is 2.05 bits per heavy atom. The Morgan fingerprint density at radius 3 is 2.80 bits per heavy atom. The van der Waals surface area contributed by atoms with Crippen LogP contribution in [0.15, 0.2) is 42.5 Å². The van der Waals surface area contributed by atoms with Crippen molar-refractivity contribution in [1.29, 1.82) is 0 Å². The van der Waals surface area contributed by atoms with E-state index in [1.54, 1.807) is 0 Å². The lowest BCUT2D eigenvalue weighted by molar-refractivity contribution is -0.121. The number of amides is 1. The molecule has 3 rings (SSSR count). The highest BCUT2D eigenvalue weighted by atomic mass is 16.2. The molecule has 0 bridgehead atoms. The number of nitrogens with zero attached hydrogens (tertiary/aromatic N) is 1. The Bertz CT molecular complexity index is 612. The zero-order valence-corrected chi connectivity index (χ0v) is 11.8. The molecule has 3 nitrogen and oxygen atoms in total. The molecule has 0 aromatic heterocycles. The molecule has 0 spiro atoms. The van der Waals surface area contributed by atoms with Crippen LogP contribution in [0.2, 0.25) is 0 Å². The summed E-state index contributed by atoms with van der Waals surface area (Å²) < 4.78 is 0. The molecular weight excluding hydrogens is 248 g/mol. The van der Waals surface area contributed by atoms with Crippen molar-refractivity contribution < 1.29 is 4.79 Å². The normalized spacial score (nSPS) is 18.4. The van der Waals surface area contributed by atoms with Gasteiger partial charge in [-0.3, -0.25) is 4.79 Å². The Balaban J connectivity index is 2.00. The summed E-state index contributed by atoms with van der Waals surface area (Å²) in [6, 6.07) is 14.4. The number of benzene rings is 2. The first kappa shape index (κ1) is 13.1. The maximum atomic E-state index is 12.7. The second-order valence-corrected chi connectivity index (χ2v) is 5.27. The summed E-state index contributed by atoms with van der Waals surface area (Å²) in [5.41, 5.74) is 1.03. The Labute approximate surface area is 119 Å². The summed E-state index contributed by atoms with van der Waals surface area (Å²) in [4.78, 5) is 14.6. The Kier molecular flexibility index (Phi) is 3.70. The van der Waals surface area contributed by atoms with Crippen LogP contribution in [0.3, 0.4) is 0 Å². The van der Waals surface area contributed by atoms with Gasteiger partial charge in [0.15, 0.2) is 0 Å². The third kappa shape index (κ3) is 2.29. The summed E-state index contributed by atoms with van der Waals surface area (Å²) in [5, 5.41) is 5.60. The zero-order valence-electron chi connectivity index (χ0n) is 11.8. The van der Waals surface area contributed by atoms with Crippen LogP contribution in [0.4, 0.5) is 5.69 Å². The van der Waals surface area contributed by atoms with E-state index in [0.717, 1.165) is 30.6 Å². The molecule has 0 saturated carbocycles. The van der Waals surface area contributed by atoms with Gasteiger partial charge < -0.3 is 10.2 Å². The number of hydrogen-bond acceptors (Lipinski definition) is 2. The third-order valence-corrected chi connectivity index (χ3v) is 4.05. The standard InChI is InChI=1S/C17H20N2O/c1-2-19(17(20)14-10-11-18-12-14)16-9-5-7-13-6-3-4-8-15(13)16/h3-9,14,18H,2,10-12H2,1H3. The Morgan fingerprint density at radius 1 is 1.25 bits per heavy atom. The van der Waals surface area contributed by atoms with Gasteiger partial charge in [-0.2, -0.15) is 0 Å². The van der Waals surface area contributed by atoms with Crippen LogP contribution in [-0.4, -0.2) is 25.5 Å². The topological polar surface area (TPSA) is 32.3 Å². The first-order valence-electron chi connectivity index (χ1n) is 7.31. The second kappa shape index (κ2) is 5.63. The molecule has 3 heteroatoms. The fourth-order valence-corrected chi connectivity index (χ4v) is 2.97. The van der Waals surface area contributed by atoms with Crippen molar-refractivity contribution in [2.24, 2.45) is 5.92 Å². The number of anilines is 1. The van der Waals surface area contributed by atoms with Crippen molar-refractivity contribution in [1.82, 2.24) is 5.32 Å². The van der Waals surface area contributed by atoms with E-state index in [-0.39, 0.29) is 11.8 Å². The SMILES string of the molecule is CCN(C(=O)C1CCNC1)c1cccc2ccccc12. The van der Waals surface area contributed by atoms with Crippen LogP contribution >= 0.6 is 0 Å². The largest absolute Gasteiger partial charge is 0.316 e. The van der Waals surface area contributed by atoms with E-state index in [1.807, 2.05) is 36.1 Å². The van der Waals surface area contributed by atoms with Crippen LogP contribution in [0, 0.1) is 5.92 Å². The van der Waals surface area contributed by atoms with Crippen molar-refractivity contribution in [3.8, 4) is 0 Å². The molecule has 1 heterocycles. The van der Waals surface area contributed by atoms with Crippen molar-refractivity contribution in [2.45, 2.75) is 13.3 Å². The van der Waals surface area contributed by atoms with E-state index < -0.39 is 0 Å². The monoisotopic (exact) mass is 268 g/mol. The van der Waals surface area contributed by atoms with Crippen LogP contribution in [0.5, 0.6) is 0 Å². The molecule has 20 heavy (non-hydrogen) atoms. The van der Waals surface area contributed by atoms with Crippen molar-refractivity contribution in [3.63, 3.8) is 0 Å². The first-order valence-corrected chi connectivity index (χ1v) is 7.31. The van der Waals surface area contributed by atoms with E-state index in [4.69, 9.17) is 0 Å². The smallest absolute Gasteiger partial charge is 0.231 e. The van der Waals surface area contributed by atoms with Gasteiger partial charge in [0.05, 0.1) is 11.6 Å². The molecule has 1 aliphatic heterocycles. The second-order valence-electron chi connectivity index (χ2n) is 5.27. The lowest BCUT2D eigenvalue weighted by atomic mass is 10.0. The maximum Gasteiger partial charge on any atom is 0.231 e. The van der Waals surface area contributed by atoms with Crippen LogP contribution < -0.4 is 10.2 Å². The molecule has 1 atom stereocenters. The fraction of sp³-hybridized carbons (Fsp3) is 0.353. The number of carbonyl (C=O) groups is 1. The van der Waals surface area contributed by atoms with Crippen molar-refractivity contribution >= 4 is 22.4 Å². The number of hydrogen-bond donors (Lipinski definition) is 1. The summed E-state index contributed by atoms with van der Waals surface area (Å²) in [7, 11) is 0. The van der Waals surface area contributed by atoms with E-state index in [2.05, 4.69) is 23.5 Å². The molecule has 2 aromatic rings. The molecular formula is C17H20N2O. The van der Waals surface area contributed by atoms with Gasteiger partial charge in [-0.1, -0.05) is 36.4 Å². The zero-order chi connectivity index (χ0) is 13.9. The van der Waals surface area contributed by atoms with Gasteiger partial charge in [-0.05, 0) is 31.3 Å². The molecule has 0 aliphatic carbocycles. The number of carbonyl (C=O) groups excluding carboxylic acids is 1. The van der Waals surface area contributed by atoms with Crippen molar-refractivity contribution in [2.75, 3.05) is 24.5 Å². The highest BCUT2D eigenvalue weighted by molar-refractivity contribution is 6.04. The van der Waals surface area contributed by atoms with E-state index >= 15 is 0 Å². The molecule has 1 amide bonds. The van der Waals surface area contributed by atoms with E-state index in [9.17, 15) is 4.79 Å². The molecule has 1 unspecified atom stereocenters.